The second-order valence-electron chi connectivity index (χ2n) is 4.09. The Kier molecular flexibility index (Phi) is 5.49. The minimum absolute atomic E-state index is 0.0336. The molecule has 0 heterocycles. The molecule has 1 rings (SSSR count). The molecule has 4 heteroatoms. The van der Waals surface area contributed by atoms with Crippen molar-refractivity contribution >= 4 is 5.91 Å². The lowest BCUT2D eigenvalue weighted by atomic mass is 10.1. The molecule has 1 aromatic rings. The number of nitrogens with two attached hydrogens (primary N) is 1. The highest BCUT2D eigenvalue weighted by Gasteiger charge is 2.14. The molecule has 0 radical (unpaired) electrons. The van der Waals surface area contributed by atoms with E-state index in [1.54, 1.807) is 30.1 Å². The van der Waals surface area contributed by atoms with Crippen LogP contribution in [0.15, 0.2) is 24.3 Å². The monoisotopic (exact) mass is 236 g/mol. The number of rotatable bonds is 6. The summed E-state index contributed by atoms with van der Waals surface area (Å²) < 4.78 is 0. The van der Waals surface area contributed by atoms with Gasteiger partial charge in [0.2, 0.25) is 0 Å². The molecular formula is C13H20N2O2. The first-order valence-electron chi connectivity index (χ1n) is 5.90. The Balaban J connectivity index is 2.49. The van der Waals surface area contributed by atoms with Gasteiger partial charge in [0.05, 0.1) is 5.56 Å². The third-order valence-corrected chi connectivity index (χ3v) is 2.68. The summed E-state index contributed by atoms with van der Waals surface area (Å²) in [5, 5.41) is 9.58. The van der Waals surface area contributed by atoms with Gasteiger partial charge in [-0.3, -0.25) is 4.79 Å². The highest BCUT2D eigenvalue weighted by atomic mass is 16.3. The number of aromatic hydroxyl groups is 1. The Morgan fingerprint density at radius 3 is 2.65 bits per heavy atom. The van der Waals surface area contributed by atoms with E-state index in [0.717, 1.165) is 19.3 Å². The quantitative estimate of drug-likeness (QED) is 0.737. The molecule has 0 saturated heterocycles. The molecule has 1 amide bonds. The second kappa shape index (κ2) is 6.91. The van der Waals surface area contributed by atoms with Crippen molar-refractivity contribution in [3.05, 3.63) is 29.8 Å². The number of phenols is 1. The van der Waals surface area contributed by atoms with Crippen LogP contribution >= 0.6 is 0 Å². The SMILES string of the molecule is CN(CCCCCN)C(=O)c1ccccc1O. The summed E-state index contributed by atoms with van der Waals surface area (Å²) in [6.45, 7) is 1.38. The molecule has 0 aliphatic heterocycles. The number of para-hydroxylation sites is 1. The second-order valence-corrected chi connectivity index (χ2v) is 4.09. The number of hydrogen-bond donors (Lipinski definition) is 2. The average molecular weight is 236 g/mol. The fourth-order valence-corrected chi connectivity index (χ4v) is 1.63. The van der Waals surface area contributed by atoms with Crippen LogP contribution in [0, 0.1) is 0 Å². The predicted molar refractivity (Wildman–Crippen MR) is 68.0 cm³/mol. The average Bonchev–Trinajstić information content (AvgIpc) is 2.34. The van der Waals surface area contributed by atoms with E-state index in [2.05, 4.69) is 0 Å². The Hall–Kier alpha value is -1.55. The van der Waals surface area contributed by atoms with Gasteiger partial charge in [-0.05, 0) is 31.5 Å². The maximum absolute atomic E-state index is 12.0. The van der Waals surface area contributed by atoms with Crippen LogP contribution in [0.3, 0.4) is 0 Å². The Morgan fingerprint density at radius 2 is 2.00 bits per heavy atom. The summed E-state index contributed by atoms with van der Waals surface area (Å²) in [6.07, 6.45) is 2.94. The van der Waals surface area contributed by atoms with Gasteiger partial charge in [-0.15, -0.1) is 0 Å². The van der Waals surface area contributed by atoms with Crippen LogP contribution < -0.4 is 5.73 Å². The molecule has 0 fully saturated rings. The largest absolute Gasteiger partial charge is 0.507 e. The Labute approximate surface area is 102 Å². The summed E-state index contributed by atoms with van der Waals surface area (Å²) in [7, 11) is 1.75. The molecule has 4 nitrogen and oxygen atoms in total. The van der Waals surface area contributed by atoms with Crippen molar-refractivity contribution in [3.63, 3.8) is 0 Å². The van der Waals surface area contributed by atoms with Crippen LogP contribution in [-0.2, 0) is 0 Å². The van der Waals surface area contributed by atoms with Gasteiger partial charge in [-0.2, -0.15) is 0 Å². The third-order valence-electron chi connectivity index (χ3n) is 2.68. The minimum Gasteiger partial charge on any atom is -0.507 e. The highest BCUT2D eigenvalue weighted by molar-refractivity contribution is 5.96. The normalized spacial score (nSPS) is 10.2. The summed E-state index contributed by atoms with van der Waals surface area (Å²) in [5.74, 6) is -0.109. The van der Waals surface area contributed by atoms with Crippen LogP contribution in [0.2, 0.25) is 0 Å². The van der Waals surface area contributed by atoms with Crippen molar-refractivity contribution in [2.75, 3.05) is 20.1 Å². The van der Waals surface area contributed by atoms with Crippen molar-refractivity contribution < 1.29 is 9.90 Å². The van der Waals surface area contributed by atoms with Gasteiger partial charge in [0.15, 0.2) is 0 Å². The summed E-state index contributed by atoms with van der Waals surface area (Å²) >= 11 is 0. The number of nitrogens with zero attached hydrogens (tertiary/aromatic N) is 1. The van der Waals surface area contributed by atoms with E-state index >= 15 is 0 Å². The molecule has 0 aliphatic carbocycles. The van der Waals surface area contributed by atoms with E-state index in [-0.39, 0.29) is 11.7 Å². The molecule has 3 N–H and O–H groups in total. The summed E-state index contributed by atoms with van der Waals surface area (Å²) in [4.78, 5) is 13.6. The zero-order valence-electron chi connectivity index (χ0n) is 10.2. The number of benzene rings is 1. The predicted octanol–water partition coefficient (Wildman–Crippen LogP) is 1.59. The van der Waals surface area contributed by atoms with Crippen LogP contribution in [0.25, 0.3) is 0 Å². The van der Waals surface area contributed by atoms with Crippen molar-refractivity contribution in [1.82, 2.24) is 4.90 Å². The lowest BCUT2D eigenvalue weighted by Crippen LogP contribution is -2.27. The van der Waals surface area contributed by atoms with Crippen molar-refractivity contribution in [1.29, 1.82) is 0 Å². The van der Waals surface area contributed by atoms with Gasteiger partial charge < -0.3 is 15.7 Å². The van der Waals surface area contributed by atoms with Crippen molar-refractivity contribution in [2.45, 2.75) is 19.3 Å². The third kappa shape index (κ3) is 4.07. The number of hydrogen-bond acceptors (Lipinski definition) is 3. The maximum Gasteiger partial charge on any atom is 0.257 e. The fourth-order valence-electron chi connectivity index (χ4n) is 1.63. The summed E-state index contributed by atoms with van der Waals surface area (Å²) in [5.41, 5.74) is 5.76. The zero-order valence-corrected chi connectivity index (χ0v) is 10.2. The van der Waals surface area contributed by atoms with E-state index in [0.29, 0.717) is 18.7 Å². The van der Waals surface area contributed by atoms with Gasteiger partial charge in [0.25, 0.3) is 5.91 Å². The molecular weight excluding hydrogens is 216 g/mol. The molecule has 0 saturated carbocycles. The molecule has 17 heavy (non-hydrogen) atoms. The topological polar surface area (TPSA) is 66.6 Å². The van der Waals surface area contributed by atoms with Crippen LogP contribution in [0.5, 0.6) is 5.75 Å². The van der Waals surface area contributed by atoms with E-state index < -0.39 is 0 Å². The van der Waals surface area contributed by atoms with Gasteiger partial charge in [-0.25, -0.2) is 0 Å². The van der Waals surface area contributed by atoms with Gasteiger partial charge in [0, 0.05) is 13.6 Å². The van der Waals surface area contributed by atoms with Gasteiger partial charge in [0.1, 0.15) is 5.75 Å². The Bertz CT molecular complexity index is 366. The number of carbonyl (C=O) groups is 1. The molecule has 0 unspecified atom stereocenters. The molecule has 0 spiro atoms. The lowest BCUT2D eigenvalue weighted by molar-refractivity contribution is 0.0789. The van der Waals surface area contributed by atoms with Crippen LogP contribution in [-0.4, -0.2) is 36.1 Å². The van der Waals surface area contributed by atoms with Gasteiger partial charge >= 0.3 is 0 Å². The first-order valence-corrected chi connectivity index (χ1v) is 5.90. The number of carbonyl (C=O) groups excluding carboxylic acids is 1. The molecule has 1 aromatic carbocycles. The van der Waals surface area contributed by atoms with E-state index in [1.165, 1.54) is 6.07 Å². The molecule has 0 atom stereocenters. The first-order chi connectivity index (χ1) is 8.16. The van der Waals surface area contributed by atoms with Crippen molar-refractivity contribution in [2.24, 2.45) is 5.73 Å². The zero-order chi connectivity index (χ0) is 12.7. The molecule has 94 valence electrons. The van der Waals surface area contributed by atoms with Crippen molar-refractivity contribution in [3.8, 4) is 5.75 Å². The Morgan fingerprint density at radius 1 is 1.29 bits per heavy atom. The van der Waals surface area contributed by atoms with Crippen LogP contribution in [0.1, 0.15) is 29.6 Å². The van der Waals surface area contributed by atoms with E-state index in [9.17, 15) is 9.90 Å². The summed E-state index contributed by atoms with van der Waals surface area (Å²) in [6, 6.07) is 6.60. The smallest absolute Gasteiger partial charge is 0.257 e. The molecule has 0 aromatic heterocycles. The molecule has 0 bridgehead atoms. The number of phenolic OH excluding ortho intramolecular Hbond substituents is 1. The lowest BCUT2D eigenvalue weighted by Gasteiger charge is -2.17. The highest BCUT2D eigenvalue weighted by Crippen LogP contribution is 2.17. The number of amides is 1. The first kappa shape index (κ1) is 13.5. The molecule has 0 aliphatic rings. The van der Waals surface area contributed by atoms with E-state index in [4.69, 9.17) is 5.73 Å². The fraction of sp³-hybridized carbons (Fsp3) is 0.462. The maximum atomic E-state index is 12.0. The standard InChI is InChI=1S/C13H20N2O2/c1-15(10-6-2-5-9-14)13(17)11-7-3-4-8-12(11)16/h3-4,7-8,16H,2,5-6,9-10,14H2,1H3. The van der Waals surface area contributed by atoms with Gasteiger partial charge in [-0.1, -0.05) is 18.6 Å². The van der Waals surface area contributed by atoms with E-state index in [1.807, 2.05) is 0 Å². The minimum atomic E-state index is -0.143. The number of unbranched alkanes of at least 4 members (excludes halogenated alkanes) is 2. The van der Waals surface area contributed by atoms with Crippen LogP contribution in [0.4, 0.5) is 0 Å².